The fourth-order valence-corrected chi connectivity index (χ4v) is 4.55. The summed E-state index contributed by atoms with van der Waals surface area (Å²) in [6.45, 7) is 0. The Morgan fingerprint density at radius 3 is 2.36 bits per heavy atom. The molecular weight excluding hydrogens is 475 g/mol. The van der Waals surface area contributed by atoms with Crippen molar-refractivity contribution in [3.63, 3.8) is 0 Å². The standard InChI is InChI=1S/C26H20Cl2N2O2S/c27-21-10-12-23(24(28)14-21)25-13-11-22(32-25)15-29-30-26(31)20-8-6-19(7-9-20)17-33-16-18-4-2-1-3-5-18/h1-15H,16-17H2,(H,30,31)/b29-15-. The maximum Gasteiger partial charge on any atom is 0.271 e. The second kappa shape index (κ2) is 11.2. The number of carbonyl (C=O) groups excluding carboxylic acids is 1. The molecule has 1 aromatic heterocycles. The Labute approximate surface area is 206 Å². The summed E-state index contributed by atoms with van der Waals surface area (Å²) in [5.74, 6) is 2.62. The Balaban J connectivity index is 1.28. The van der Waals surface area contributed by atoms with Crippen molar-refractivity contribution in [3.05, 3.63) is 117 Å². The van der Waals surface area contributed by atoms with Crippen molar-refractivity contribution in [2.24, 2.45) is 5.10 Å². The van der Waals surface area contributed by atoms with Gasteiger partial charge in [-0.3, -0.25) is 4.79 Å². The van der Waals surface area contributed by atoms with E-state index in [4.69, 9.17) is 27.6 Å². The smallest absolute Gasteiger partial charge is 0.271 e. The predicted molar refractivity (Wildman–Crippen MR) is 137 cm³/mol. The molecule has 1 N–H and O–H groups in total. The van der Waals surface area contributed by atoms with Crippen LogP contribution in [-0.4, -0.2) is 12.1 Å². The molecule has 0 unspecified atom stereocenters. The number of nitrogens with one attached hydrogen (secondary N) is 1. The largest absolute Gasteiger partial charge is 0.455 e. The SMILES string of the molecule is O=C(N/N=C\c1ccc(-c2ccc(Cl)cc2Cl)o1)c1ccc(CSCc2ccccc2)cc1. The second-order valence-corrected chi connectivity index (χ2v) is 9.03. The lowest BCUT2D eigenvalue weighted by Gasteiger charge is -2.04. The molecule has 4 aromatic rings. The summed E-state index contributed by atoms with van der Waals surface area (Å²) in [6, 6.07) is 26.6. The number of rotatable bonds is 8. The summed E-state index contributed by atoms with van der Waals surface area (Å²) in [4.78, 5) is 12.4. The Morgan fingerprint density at radius 2 is 1.64 bits per heavy atom. The Morgan fingerprint density at radius 1 is 0.909 bits per heavy atom. The van der Waals surface area contributed by atoms with Crippen LogP contribution in [0, 0.1) is 0 Å². The van der Waals surface area contributed by atoms with Gasteiger partial charge in [-0.15, -0.1) is 0 Å². The van der Waals surface area contributed by atoms with Gasteiger partial charge >= 0.3 is 0 Å². The first-order chi connectivity index (χ1) is 16.1. The minimum Gasteiger partial charge on any atom is -0.455 e. The maximum absolute atomic E-state index is 12.4. The highest BCUT2D eigenvalue weighted by Crippen LogP contribution is 2.31. The van der Waals surface area contributed by atoms with Gasteiger partial charge in [0.2, 0.25) is 0 Å². The summed E-state index contributed by atoms with van der Waals surface area (Å²) >= 11 is 14.0. The van der Waals surface area contributed by atoms with E-state index in [0.29, 0.717) is 27.1 Å². The van der Waals surface area contributed by atoms with Gasteiger partial charge in [-0.1, -0.05) is 65.7 Å². The first kappa shape index (κ1) is 23.2. The Hall–Kier alpha value is -2.99. The molecule has 7 heteroatoms. The van der Waals surface area contributed by atoms with Crippen molar-refractivity contribution >= 4 is 47.1 Å². The predicted octanol–water partition coefficient (Wildman–Crippen LogP) is 7.45. The van der Waals surface area contributed by atoms with E-state index < -0.39 is 0 Å². The van der Waals surface area contributed by atoms with Gasteiger partial charge in [0.05, 0.1) is 11.2 Å². The number of furan rings is 1. The Kier molecular flexibility index (Phi) is 7.89. The third-order valence-electron chi connectivity index (χ3n) is 4.78. The molecule has 166 valence electrons. The van der Waals surface area contributed by atoms with Gasteiger partial charge in [-0.2, -0.15) is 16.9 Å². The van der Waals surface area contributed by atoms with Gasteiger partial charge in [0.25, 0.3) is 5.91 Å². The van der Waals surface area contributed by atoms with E-state index >= 15 is 0 Å². The van der Waals surface area contributed by atoms with Gasteiger partial charge in [0.15, 0.2) is 0 Å². The number of benzene rings is 3. The highest BCUT2D eigenvalue weighted by Gasteiger charge is 2.09. The van der Waals surface area contributed by atoms with Crippen LogP contribution < -0.4 is 5.43 Å². The summed E-state index contributed by atoms with van der Waals surface area (Å²) in [6.07, 6.45) is 1.44. The van der Waals surface area contributed by atoms with Crippen LogP contribution >= 0.6 is 35.0 Å². The minimum absolute atomic E-state index is 0.290. The third-order valence-corrected chi connectivity index (χ3v) is 6.40. The second-order valence-electron chi connectivity index (χ2n) is 7.20. The quantitative estimate of drug-likeness (QED) is 0.204. The number of hydrazone groups is 1. The maximum atomic E-state index is 12.4. The van der Waals surface area contributed by atoms with Gasteiger partial charge in [0.1, 0.15) is 11.5 Å². The lowest BCUT2D eigenvalue weighted by atomic mass is 10.1. The van der Waals surface area contributed by atoms with Gasteiger partial charge in [0, 0.05) is 27.7 Å². The van der Waals surface area contributed by atoms with E-state index in [1.807, 2.05) is 42.1 Å². The fraction of sp³-hybridized carbons (Fsp3) is 0.0769. The molecule has 1 amide bonds. The lowest BCUT2D eigenvalue weighted by molar-refractivity contribution is 0.0955. The van der Waals surface area contributed by atoms with Crippen LogP contribution in [0.1, 0.15) is 27.2 Å². The Bertz CT molecular complexity index is 1260. The number of halogens is 2. The zero-order chi connectivity index (χ0) is 23.0. The summed E-state index contributed by atoms with van der Waals surface area (Å²) < 4.78 is 5.73. The molecule has 1 heterocycles. The summed E-state index contributed by atoms with van der Waals surface area (Å²) in [5.41, 5.74) is 6.26. The zero-order valence-corrected chi connectivity index (χ0v) is 19.8. The molecule has 0 spiro atoms. The first-order valence-corrected chi connectivity index (χ1v) is 12.1. The van der Waals surface area contributed by atoms with Crippen LogP contribution in [0.25, 0.3) is 11.3 Å². The number of hydrogen-bond donors (Lipinski definition) is 1. The van der Waals surface area contributed by atoms with Crippen molar-refractivity contribution in [2.75, 3.05) is 0 Å². The van der Waals surface area contributed by atoms with Crippen LogP contribution in [-0.2, 0) is 11.5 Å². The highest BCUT2D eigenvalue weighted by molar-refractivity contribution is 7.97. The van der Waals surface area contributed by atoms with Crippen LogP contribution in [0.4, 0.5) is 0 Å². The monoisotopic (exact) mass is 494 g/mol. The van der Waals surface area contributed by atoms with Crippen LogP contribution in [0.15, 0.2) is 94.4 Å². The van der Waals surface area contributed by atoms with E-state index in [-0.39, 0.29) is 5.91 Å². The molecule has 0 saturated carbocycles. The minimum atomic E-state index is -0.290. The van der Waals surface area contributed by atoms with Crippen LogP contribution in [0.3, 0.4) is 0 Å². The van der Waals surface area contributed by atoms with Gasteiger partial charge in [-0.25, -0.2) is 5.43 Å². The van der Waals surface area contributed by atoms with Crippen molar-refractivity contribution in [1.82, 2.24) is 5.43 Å². The van der Waals surface area contributed by atoms with Crippen LogP contribution in [0.5, 0.6) is 0 Å². The van der Waals surface area contributed by atoms with Gasteiger partial charge in [-0.05, 0) is 53.6 Å². The van der Waals surface area contributed by atoms with E-state index in [1.54, 1.807) is 42.5 Å². The van der Waals surface area contributed by atoms with Crippen molar-refractivity contribution in [2.45, 2.75) is 11.5 Å². The van der Waals surface area contributed by atoms with Crippen LogP contribution in [0.2, 0.25) is 10.0 Å². The summed E-state index contributed by atoms with van der Waals surface area (Å²) in [7, 11) is 0. The molecule has 0 aliphatic carbocycles. The average Bonchev–Trinajstić information content (AvgIpc) is 3.29. The molecular formula is C26H20Cl2N2O2S. The molecule has 0 aliphatic heterocycles. The molecule has 0 bridgehead atoms. The molecule has 4 nitrogen and oxygen atoms in total. The number of carbonyl (C=O) groups is 1. The number of nitrogens with zero attached hydrogens (tertiary/aromatic N) is 1. The van der Waals surface area contributed by atoms with E-state index in [2.05, 4.69) is 22.7 Å². The van der Waals surface area contributed by atoms with Crippen molar-refractivity contribution in [1.29, 1.82) is 0 Å². The molecule has 0 fully saturated rings. The topological polar surface area (TPSA) is 54.6 Å². The highest BCUT2D eigenvalue weighted by atomic mass is 35.5. The van der Waals surface area contributed by atoms with Gasteiger partial charge < -0.3 is 4.42 Å². The molecule has 0 aliphatic rings. The third kappa shape index (κ3) is 6.51. The summed E-state index contributed by atoms with van der Waals surface area (Å²) in [5, 5.41) is 5.04. The molecule has 0 radical (unpaired) electrons. The lowest BCUT2D eigenvalue weighted by Crippen LogP contribution is -2.17. The number of amides is 1. The number of hydrogen-bond acceptors (Lipinski definition) is 4. The average molecular weight is 495 g/mol. The first-order valence-electron chi connectivity index (χ1n) is 10.2. The molecule has 33 heavy (non-hydrogen) atoms. The van der Waals surface area contributed by atoms with E-state index in [0.717, 1.165) is 17.1 Å². The molecule has 0 atom stereocenters. The van der Waals surface area contributed by atoms with E-state index in [9.17, 15) is 4.79 Å². The normalized spacial score (nSPS) is 11.1. The zero-order valence-electron chi connectivity index (χ0n) is 17.5. The van der Waals surface area contributed by atoms with E-state index in [1.165, 1.54) is 17.3 Å². The van der Waals surface area contributed by atoms with Crippen molar-refractivity contribution in [3.8, 4) is 11.3 Å². The molecule has 0 saturated heterocycles. The number of thioether (sulfide) groups is 1. The molecule has 3 aromatic carbocycles. The van der Waals surface area contributed by atoms with Crippen molar-refractivity contribution < 1.29 is 9.21 Å². The fourth-order valence-electron chi connectivity index (χ4n) is 3.09. The molecule has 4 rings (SSSR count).